The standard InChI is InChI=1S/C12H24N3O2S/c1-15(2,3)8-4-7-14-12(17)6-10-18-9-5-11(13)16/h5H,4,6-10H2,1-3H3,(H2-,13,14,16,17)/p+1. The summed E-state index contributed by atoms with van der Waals surface area (Å²) in [6.07, 6.45) is 2.89. The molecule has 1 radical (unpaired) electrons. The van der Waals surface area contributed by atoms with E-state index in [2.05, 4.69) is 26.5 Å². The Hall–Kier alpha value is -0.750. The molecule has 0 saturated carbocycles. The van der Waals surface area contributed by atoms with Crippen molar-refractivity contribution in [2.75, 3.05) is 45.7 Å². The van der Waals surface area contributed by atoms with Gasteiger partial charge in [-0.05, 0) is 0 Å². The summed E-state index contributed by atoms with van der Waals surface area (Å²) in [6, 6.07) is 0. The summed E-state index contributed by atoms with van der Waals surface area (Å²) in [5.74, 6) is 0.949. The number of carbonyl (C=O) groups is 2. The number of amides is 2. The van der Waals surface area contributed by atoms with Crippen molar-refractivity contribution in [3.05, 3.63) is 6.42 Å². The number of primary amides is 1. The number of hydrogen-bond donors (Lipinski definition) is 2. The first-order valence-electron chi connectivity index (χ1n) is 6.09. The summed E-state index contributed by atoms with van der Waals surface area (Å²) in [4.78, 5) is 21.9. The Kier molecular flexibility index (Phi) is 8.83. The van der Waals surface area contributed by atoms with Gasteiger partial charge in [-0.2, -0.15) is 11.8 Å². The Morgan fingerprint density at radius 1 is 1.33 bits per heavy atom. The van der Waals surface area contributed by atoms with E-state index < -0.39 is 5.91 Å². The lowest BCUT2D eigenvalue weighted by Crippen LogP contribution is -2.37. The monoisotopic (exact) mass is 275 g/mol. The van der Waals surface area contributed by atoms with Crippen LogP contribution in [0.2, 0.25) is 0 Å². The maximum atomic E-state index is 11.4. The van der Waals surface area contributed by atoms with E-state index in [9.17, 15) is 9.59 Å². The summed E-state index contributed by atoms with van der Waals surface area (Å²) in [7, 11) is 6.40. The molecule has 6 heteroatoms. The molecule has 0 rings (SSSR count). The van der Waals surface area contributed by atoms with Crippen molar-refractivity contribution in [3.63, 3.8) is 0 Å². The molecule has 0 aliphatic rings. The van der Waals surface area contributed by atoms with E-state index in [4.69, 9.17) is 5.73 Å². The van der Waals surface area contributed by atoms with Gasteiger partial charge in [-0.25, -0.2) is 0 Å². The van der Waals surface area contributed by atoms with Crippen LogP contribution in [0, 0.1) is 6.42 Å². The highest BCUT2D eigenvalue weighted by molar-refractivity contribution is 7.99. The SMILES string of the molecule is C[N+](C)(C)CCCNC(=O)CCSC[CH]C(N)=O. The van der Waals surface area contributed by atoms with Crippen molar-refractivity contribution in [2.24, 2.45) is 5.73 Å². The fourth-order valence-electron chi connectivity index (χ4n) is 1.26. The second kappa shape index (κ2) is 9.22. The second-order valence-electron chi connectivity index (χ2n) is 5.15. The first-order chi connectivity index (χ1) is 8.31. The van der Waals surface area contributed by atoms with Crippen LogP contribution in [0.1, 0.15) is 12.8 Å². The van der Waals surface area contributed by atoms with Gasteiger partial charge in [0.05, 0.1) is 34.1 Å². The molecule has 5 nitrogen and oxygen atoms in total. The summed E-state index contributed by atoms with van der Waals surface area (Å²) >= 11 is 1.53. The first-order valence-corrected chi connectivity index (χ1v) is 7.24. The zero-order chi connectivity index (χ0) is 14.0. The third-order valence-electron chi connectivity index (χ3n) is 2.20. The molecule has 0 heterocycles. The van der Waals surface area contributed by atoms with Crippen LogP contribution >= 0.6 is 11.8 Å². The number of nitrogens with zero attached hydrogens (tertiary/aromatic N) is 1. The molecule has 0 bridgehead atoms. The number of nitrogens with one attached hydrogen (secondary N) is 1. The molecular formula is C12H25N3O2S+. The van der Waals surface area contributed by atoms with Gasteiger partial charge in [0.15, 0.2) is 0 Å². The van der Waals surface area contributed by atoms with Crippen molar-refractivity contribution in [2.45, 2.75) is 12.8 Å². The maximum absolute atomic E-state index is 11.4. The average Bonchev–Trinajstić information content (AvgIpc) is 2.22. The van der Waals surface area contributed by atoms with Crippen LogP contribution in [0.3, 0.4) is 0 Å². The number of carbonyl (C=O) groups excluding carboxylic acids is 2. The van der Waals surface area contributed by atoms with E-state index in [1.807, 2.05) is 0 Å². The Labute approximate surface area is 114 Å². The quantitative estimate of drug-likeness (QED) is 0.436. The molecule has 2 amide bonds. The molecule has 105 valence electrons. The van der Waals surface area contributed by atoms with Gasteiger partial charge in [0.1, 0.15) is 0 Å². The van der Waals surface area contributed by atoms with Crippen LogP contribution in [0.15, 0.2) is 0 Å². The van der Waals surface area contributed by atoms with Gasteiger partial charge in [0.25, 0.3) is 0 Å². The molecule has 0 aromatic rings. The lowest BCUT2D eigenvalue weighted by atomic mass is 10.3. The molecule has 0 aromatic heterocycles. The highest BCUT2D eigenvalue weighted by Crippen LogP contribution is 2.03. The molecule has 0 aromatic carbocycles. The lowest BCUT2D eigenvalue weighted by molar-refractivity contribution is -0.870. The third kappa shape index (κ3) is 13.3. The number of nitrogens with two attached hydrogens (primary N) is 1. The van der Waals surface area contributed by atoms with Crippen LogP contribution in [-0.4, -0.2) is 62.0 Å². The Balaban J connectivity index is 3.35. The van der Waals surface area contributed by atoms with Crippen molar-refractivity contribution in [3.8, 4) is 0 Å². The van der Waals surface area contributed by atoms with Gasteiger partial charge in [-0.1, -0.05) is 0 Å². The van der Waals surface area contributed by atoms with Crippen molar-refractivity contribution in [1.82, 2.24) is 5.32 Å². The maximum Gasteiger partial charge on any atom is 0.222 e. The predicted octanol–water partition coefficient (Wildman–Crippen LogP) is 0.0118. The van der Waals surface area contributed by atoms with Crippen LogP contribution in [-0.2, 0) is 9.59 Å². The Morgan fingerprint density at radius 3 is 2.56 bits per heavy atom. The van der Waals surface area contributed by atoms with E-state index >= 15 is 0 Å². The zero-order valence-electron chi connectivity index (χ0n) is 11.6. The van der Waals surface area contributed by atoms with Crippen LogP contribution in [0.25, 0.3) is 0 Å². The highest BCUT2D eigenvalue weighted by Gasteiger charge is 2.06. The van der Waals surface area contributed by atoms with E-state index in [0.29, 0.717) is 17.9 Å². The molecule has 0 aliphatic carbocycles. The fraction of sp³-hybridized carbons (Fsp3) is 0.750. The topological polar surface area (TPSA) is 72.2 Å². The Bertz CT molecular complexity index is 265. The van der Waals surface area contributed by atoms with Crippen LogP contribution in [0.5, 0.6) is 0 Å². The Morgan fingerprint density at radius 2 is 2.00 bits per heavy atom. The smallest absolute Gasteiger partial charge is 0.222 e. The van der Waals surface area contributed by atoms with Gasteiger partial charge in [0, 0.05) is 30.9 Å². The van der Waals surface area contributed by atoms with Gasteiger partial charge in [0.2, 0.25) is 11.8 Å². The molecule has 0 aliphatic heterocycles. The van der Waals surface area contributed by atoms with E-state index in [1.165, 1.54) is 18.2 Å². The minimum atomic E-state index is -0.410. The van der Waals surface area contributed by atoms with E-state index in [0.717, 1.165) is 24.0 Å². The number of quaternary nitrogens is 1. The summed E-state index contributed by atoms with van der Waals surface area (Å²) in [5, 5.41) is 2.89. The third-order valence-corrected chi connectivity index (χ3v) is 3.10. The summed E-state index contributed by atoms with van der Waals surface area (Å²) < 4.78 is 0.911. The van der Waals surface area contributed by atoms with Gasteiger partial charge < -0.3 is 15.5 Å². The minimum Gasteiger partial charge on any atom is -0.369 e. The lowest BCUT2D eigenvalue weighted by Gasteiger charge is -2.23. The largest absolute Gasteiger partial charge is 0.369 e. The number of thioether (sulfide) groups is 1. The summed E-state index contributed by atoms with van der Waals surface area (Å²) in [6.45, 7) is 1.77. The number of rotatable bonds is 10. The van der Waals surface area contributed by atoms with Crippen molar-refractivity contribution < 1.29 is 14.1 Å². The van der Waals surface area contributed by atoms with Gasteiger partial charge >= 0.3 is 0 Å². The van der Waals surface area contributed by atoms with E-state index in [1.54, 1.807) is 0 Å². The van der Waals surface area contributed by atoms with Crippen LogP contribution < -0.4 is 11.1 Å². The zero-order valence-corrected chi connectivity index (χ0v) is 12.4. The predicted molar refractivity (Wildman–Crippen MR) is 76.0 cm³/mol. The molecule has 0 fully saturated rings. The molecule has 0 unspecified atom stereocenters. The van der Waals surface area contributed by atoms with Gasteiger partial charge in [-0.3, -0.25) is 9.59 Å². The molecule has 0 atom stereocenters. The second-order valence-corrected chi connectivity index (χ2v) is 6.30. The van der Waals surface area contributed by atoms with Crippen molar-refractivity contribution >= 4 is 23.6 Å². The average molecular weight is 275 g/mol. The molecule has 3 N–H and O–H groups in total. The number of hydrogen-bond acceptors (Lipinski definition) is 3. The van der Waals surface area contributed by atoms with E-state index in [-0.39, 0.29) is 5.91 Å². The first kappa shape index (κ1) is 17.2. The molecular weight excluding hydrogens is 250 g/mol. The normalized spacial score (nSPS) is 11.3. The van der Waals surface area contributed by atoms with Gasteiger partial charge in [-0.15, -0.1) is 0 Å². The minimum absolute atomic E-state index is 0.0722. The molecule has 0 spiro atoms. The molecule has 0 saturated heterocycles. The fourth-order valence-corrected chi connectivity index (χ4v) is 2.04. The van der Waals surface area contributed by atoms with Crippen LogP contribution in [0.4, 0.5) is 0 Å². The highest BCUT2D eigenvalue weighted by atomic mass is 32.2. The summed E-state index contributed by atoms with van der Waals surface area (Å²) in [5.41, 5.74) is 4.96. The molecule has 18 heavy (non-hydrogen) atoms. The van der Waals surface area contributed by atoms with Crippen molar-refractivity contribution in [1.29, 1.82) is 0 Å².